The molecule has 25 heavy (non-hydrogen) atoms. The summed E-state index contributed by atoms with van der Waals surface area (Å²) in [5.41, 5.74) is 8.50. The van der Waals surface area contributed by atoms with Gasteiger partial charge < -0.3 is 10.8 Å². The van der Waals surface area contributed by atoms with Crippen molar-refractivity contribution in [2.24, 2.45) is 5.73 Å². The van der Waals surface area contributed by atoms with Crippen LogP contribution in [-0.2, 0) is 4.79 Å². The van der Waals surface area contributed by atoms with Crippen molar-refractivity contribution < 1.29 is 19.9 Å². The number of nitrogens with one attached hydrogen (secondary N) is 1. The van der Waals surface area contributed by atoms with E-state index in [0.717, 1.165) is 5.56 Å². The van der Waals surface area contributed by atoms with Crippen molar-refractivity contribution in [1.29, 1.82) is 0 Å². The van der Waals surface area contributed by atoms with Crippen LogP contribution in [0, 0.1) is 11.8 Å². The number of rotatable bonds is 4. The summed E-state index contributed by atoms with van der Waals surface area (Å²) in [5, 5.41) is 18.8. The lowest BCUT2D eigenvalue weighted by Crippen LogP contribution is -2.34. The fourth-order valence-corrected chi connectivity index (χ4v) is 2.48. The summed E-state index contributed by atoms with van der Waals surface area (Å²) in [6.45, 7) is 1.38. The van der Waals surface area contributed by atoms with Crippen molar-refractivity contribution in [2.45, 2.75) is 18.9 Å². The summed E-state index contributed by atoms with van der Waals surface area (Å²) in [7, 11) is 0. The average molecular weight is 338 g/mol. The fourth-order valence-electron chi connectivity index (χ4n) is 2.48. The molecule has 2 rings (SSSR count). The second-order valence-corrected chi connectivity index (χ2v) is 5.48. The molecule has 0 heterocycles. The Balaban J connectivity index is 2.51. The van der Waals surface area contributed by atoms with Crippen LogP contribution < -0.4 is 11.2 Å². The standard InChI is InChI=1S/C19H18N2O4/c1-12(22)17(19(24)21-25)16-11-14(9-10-15(16)18(20)23)8-7-13-5-3-2-4-6-13/h2-6,9-12,17,22,25H,1H3,(H2,20,23)(H,21,24). The molecular formula is C19H18N2O4. The summed E-state index contributed by atoms with van der Waals surface area (Å²) in [5.74, 6) is 3.17. The quantitative estimate of drug-likeness (QED) is 0.380. The largest absolute Gasteiger partial charge is 0.392 e. The van der Waals surface area contributed by atoms with Crippen molar-refractivity contribution in [1.82, 2.24) is 5.48 Å². The lowest BCUT2D eigenvalue weighted by molar-refractivity contribution is -0.133. The molecular weight excluding hydrogens is 320 g/mol. The zero-order valence-electron chi connectivity index (χ0n) is 13.6. The topological polar surface area (TPSA) is 113 Å². The first-order valence-electron chi connectivity index (χ1n) is 7.57. The maximum atomic E-state index is 11.9. The molecule has 0 saturated heterocycles. The lowest BCUT2D eigenvalue weighted by atomic mass is 9.88. The van der Waals surface area contributed by atoms with E-state index >= 15 is 0 Å². The van der Waals surface area contributed by atoms with Gasteiger partial charge in [-0.3, -0.25) is 14.8 Å². The van der Waals surface area contributed by atoms with Crippen molar-refractivity contribution in [2.75, 3.05) is 0 Å². The molecule has 0 bridgehead atoms. The summed E-state index contributed by atoms with van der Waals surface area (Å²) < 4.78 is 0. The van der Waals surface area contributed by atoms with Gasteiger partial charge in [-0.1, -0.05) is 30.0 Å². The van der Waals surface area contributed by atoms with Crippen LogP contribution in [0.4, 0.5) is 0 Å². The Labute approximate surface area is 145 Å². The van der Waals surface area contributed by atoms with Crippen LogP contribution in [0.5, 0.6) is 0 Å². The number of hydroxylamine groups is 1. The summed E-state index contributed by atoms with van der Waals surface area (Å²) in [4.78, 5) is 23.6. The number of nitrogens with two attached hydrogens (primary N) is 1. The molecule has 5 N–H and O–H groups in total. The Hall–Kier alpha value is -3.14. The van der Waals surface area contributed by atoms with E-state index in [-0.39, 0.29) is 11.1 Å². The van der Waals surface area contributed by atoms with Gasteiger partial charge in [0.1, 0.15) is 0 Å². The summed E-state index contributed by atoms with van der Waals surface area (Å²) in [6, 6.07) is 13.9. The van der Waals surface area contributed by atoms with E-state index in [1.165, 1.54) is 24.5 Å². The van der Waals surface area contributed by atoms with Gasteiger partial charge in [-0.15, -0.1) is 0 Å². The maximum Gasteiger partial charge on any atom is 0.253 e. The van der Waals surface area contributed by atoms with E-state index in [1.807, 2.05) is 30.3 Å². The summed E-state index contributed by atoms with van der Waals surface area (Å²) >= 11 is 0. The van der Waals surface area contributed by atoms with Crippen LogP contribution in [0.15, 0.2) is 48.5 Å². The molecule has 6 heteroatoms. The van der Waals surface area contributed by atoms with Crippen LogP contribution in [0.1, 0.15) is 39.9 Å². The molecule has 0 aliphatic heterocycles. The zero-order valence-corrected chi connectivity index (χ0v) is 13.6. The molecule has 2 aromatic rings. The van der Waals surface area contributed by atoms with Crippen molar-refractivity contribution >= 4 is 11.8 Å². The number of aliphatic hydroxyl groups is 1. The van der Waals surface area contributed by atoms with Gasteiger partial charge in [0.05, 0.1) is 12.0 Å². The smallest absolute Gasteiger partial charge is 0.253 e. The first-order chi connectivity index (χ1) is 11.9. The zero-order chi connectivity index (χ0) is 18.4. The number of benzene rings is 2. The molecule has 0 fully saturated rings. The van der Waals surface area contributed by atoms with Crippen LogP contribution in [-0.4, -0.2) is 28.2 Å². The van der Waals surface area contributed by atoms with Gasteiger partial charge in [0.15, 0.2) is 0 Å². The van der Waals surface area contributed by atoms with E-state index < -0.39 is 23.8 Å². The van der Waals surface area contributed by atoms with E-state index in [2.05, 4.69) is 11.8 Å². The van der Waals surface area contributed by atoms with Gasteiger partial charge in [-0.25, -0.2) is 5.48 Å². The molecule has 0 aliphatic rings. The Morgan fingerprint density at radius 2 is 1.72 bits per heavy atom. The van der Waals surface area contributed by atoms with E-state index in [1.54, 1.807) is 6.07 Å². The normalized spacial score (nSPS) is 12.4. The number of hydrogen-bond acceptors (Lipinski definition) is 4. The third kappa shape index (κ3) is 4.44. The summed E-state index contributed by atoms with van der Waals surface area (Å²) in [6.07, 6.45) is -1.15. The Kier molecular flexibility index (Phi) is 5.90. The number of hydrogen-bond donors (Lipinski definition) is 4. The highest BCUT2D eigenvalue weighted by Gasteiger charge is 2.29. The van der Waals surface area contributed by atoms with Gasteiger partial charge in [-0.2, -0.15) is 0 Å². The van der Waals surface area contributed by atoms with Gasteiger partial charge in [0, 0.05) is 16.7 Å². The molecule has 2 atom stereocenters. The number of carbonyl (C=O) groups is 2. The van der Waals surface area contributed by atoms with Crippen LogP contribution in [0.25, 0.3) is 0 Å². The highest BCUT2D eigenvalue weighted by atomic mass is 16.5. The molecule has 0 saturated carbocycles. The van der Waals surface area contributed by atoms with E-state index in [9.17, 15) is 14.7 Å². The van der Waals surface area contributed by atoms with Gasteiger partial charge in [0.2, 0.25) is 5.91 Å². The minimum absolute atomic E-state index is 0.0831. The van der Waals surface area contributed by atoms with E-state index in [4.69, 9.17) is 10.9 Å². The molecule has 0 aliphatic carbocycles. The minimum atomic E-state index is -1.16. The molecule has 0 spiro atoms. The fraction of sp³-hybridized carbons (Fsp3) is 0.158. The molecule has 2 aromatic carbocycles. The van der Waals surface area contributed by atoms with Gasteiger partial charge in [-0.05, 0) is 42.8 Å². The molecule has 2 amide bonds. The van der Waals surface area contributed by atoms with Crippen molar-refractivity contribution in [3.63, 3.8) is 0 Å². The molecule has 2 unspecified atom stereocenters. The predicted octanol–water partition coefficient (Wildman–Crippen LogP) is 1.16. The molecule has 6 nitrogen and oxygen atoms in total. The Bertz CT molecular complexity index is 835. The minimum Gasteiger partial charge on any atom is -0.392 e. The third-order valence-corrected chi connectivity index (χ3v) is 3.65. The number of aliphatic hydroxyl groups excluding tert-OH is 1. The van der Waals surface area contributed by atoms with Crippen molar-refractivity contribution in [3.05, 3.63) is 70.8 Å². The second-order valence-electron chi connectivity index (χ2n) is 5.48. The van der Waals surface area contributed by atoms with Crippen LogP contribution in [0.3, 0.4) is 0 Å². The SMILES string of the molecule is CC(O)C(C(=O)NO)c1cc(C#Cc2ccccc2)ccc1C(N)=O. The Morgan fingerprint density at radius 3 is 2.28 bits per heavy atom. The van der Waals surface area contributed by atoms with Gasteiger partial charge >= 0.3 is 0 Å². The Morgan fingerprint density at radius 1 is 1.08 bits per heavy atom. The highest BCUT2D eigenvalue weighted by Crippen LogP contribution is 2.25. The first-order valence-corrected chi connectivity index (χ1v) is 7.57. The lowest BCUT2D eigenvalue weighted by Gasteiger charge is -2.20. The van der Waals surface area contributed by atoms with Gasteiger partial charge in [0.25, 0.3) is 5.91 Å². The predicted molar refractivity (Wildman–Crippen MR) is 91.7 cm³/mol. The molecule has 0 aromatic heterocycles. The molecule has 0 radical (unpaired) electrons. The maximum absolute atomic E-state index is 11.9. The monoisotopic (exact) mass is 338 g/mol. The number of primary amides is 1. The third-order valence-electron chi connectivity index (χ3n) is 3.65. The van der Waals surface area contributed by atoms with Crippen LogP contribution in [0.2, 0.25) is 0 Å². The first kappa shape index (κ1) is 18.2. The second kappa shape index (κ2) is 8.11. The van der Waals surface area contributed by atoms with E-state index in [0.29, 0.717) is 5.56 Å². The van der Waals surface area contributed by atoms with Crippen molar-refractivity contribution in [3.8, 4) is 11.8 Å². The highest BCUT2D eigenvalue weighted by molar-refractivity contribution is 5.97. The number of amides is 2. The van der Waals surface area contributed by atoms with Crippen LogP contribution >= 0.6 is 0 Å². The number of carbonyl (C=O) groups excluding carboxylic acids is 2. The average Bonchev–Trinajstić information content (AvgIpc) is 2.60. The molecule has 128 valence electrons.